The van der Waals surface area contributed by atoms with Crippen LogP contribution in [0.3, 0.4) is 0 Å². The van der Waals surface area contributed by atoms with Gasteiger partial charge in [-0.1, -0.05) is 0 Å². The van der Waals surface area contributed by atoms with E-state index in [0.29, 0.717) is 11.2 Å². The molecule has 0 saturated heterocycles. The number of hydrogen-bond donors (Lipinski definition) is 0. The summed E-state index contributed by atoms with van der Waals surface area (Å²) in [5.41, 5.74) is 2.21. The summed E-state index contributed by atoms with van der Waals surface area (Å²) in [5.74, 6) is -0.624. The SMILES string of the molecule is COC(=O)Cc1cc(C)c2cc(F)ccc2n1. The number of esters is 1. The van der Waals surface area contributed by atoms with Gasteiger partial charge in [-0.3, -0.25) is 9.78 Å². The molecule has 0 fully saturated rings. The Labute approximate surface area is 98.2 Å². The minimum atomic E-state index is -0.335. The van der Waals surface area contributed by atoms with Gasteiger partial charge in [0.25, 0.3) is 0 Å². The number of benzene rings is 1. The third-order valence-electron chi connectivity index (χ3n) is 2.58. The number of carbonyl (C=O) groups is 1. The summed E-state index contributed by atoms with van der Waals surface area (Å²) in [6, 6.07) is 6.19. The van der Waals surface area contributed by atoms with Gasteiger partial charge in [-0.05, 0) is 36.8 Å². The van der Waals surface area contributed by atoms with Gasteiger partial charge in [0.15, 0.2) is 0 Å². The summed E-state index contributed by atoms with van der Waals surface area (Å²) < 4.78 is 17.7. The van der Waals surface area contributed by atoms with E-state index in [2.05, 4.69) is 9.72 Å². The molecule has 88 valence electrons. The standard InChI is InChI=1S/C13H12FNO2/c1-8-5-10(7-13(16)17-2)15-12-4-3-9(14)6-11(8)12/h3-6H,7H2,1-2H3. The van der Waals surface area contributed by atoms with Crippen molar-refractivity contribution in [1.82, 2.24) is 4.98 Å². The molecule has 0 unspecified atom stereocenters. The van der Waals surface area contributed by atoms with E-state index < -0.39 is 0 Å². The van der Waals surface area contributed by atoms with Gasteiger partial charge in [0, 0.05) is 5.39 Å². The van der Waals surface area contributed by atoms with Crippen LogP contribution in [0.5, 0.6) is 0 Å². The zero-order valence-electron chi connectivity index (χ0n) is 9.66. The highest BCUT2D eigenvalue weighted by atomic mass is 19.1. The maximum Gasteiger partial charge on any atom is 0.311 e. The van der Waals surface area contributed by atoms with Gasteiger partial charge in [0.1, 0.15) is 5.82 Å². The van der Waals surface area contributed by atoms with Crippen LogP contribution in [-0.2, 0) is 16.0 Å². The number of hydrogen-bond acceptors (Lipinski definition) is 3. The fourth-order valence-electron chi connectivity index (χ4n) is 1.75. The van der Waals surface area contributed by atoms with Crippen LogP contribution < -0.4 is 0 Å². The van der Waals surface area contributed by atoms with Crippen molar-refractivity contribution in [3.8, 4) is 0 Å². The summed E-state index contributed by atoms with van der Waals surface area (Å²) in [6.07, 6.45) is 0.130. The minimum absolute atomic E-state index is 0.130. The minimum Gasteiger partial charge on any atom is -0.469 e. The lowest BCUT2D eigenvalue weighted by Gasteiger charge is -2.05. The molecule has 0 atom stereocenters. The summed E-state index contributed by atoms with van der Waals surface area (Å²) in [4.78, 5) is 15.5. The molecule has 0 N–H and O–H groups in total. The number of ether oxygens (including phenoxy) is 1. The summed E-state index contributed by atoms with van der Waals surface area (Å²) >= 11 is 0. The molecule has 3 nitrogen and oxygen atoms in total. The zero-order valence-corrected chi connectivity index (χ0v) is 9.66. The number of methoxy groups -OCH3 is 1. The number of pyridine rings is 1. The quantitative estimate of drug-likeness (QED) is 0.748. The fourth-order valence-corrected chi connectivity index (χ4v) is 1.75. The van der Waals surface area contributed by atoms with Gasteiger partial charge in [-0.15, -0.1) is 0 Å². The number of nitrogens with zero attached hydrogens (tertiary/aromatic N) is 1. The molecule has 1 aromatic heterocycles. The van der Waals surface area contributed by atoms with Crippen molar-refractivity contribution in [1.29, 1.82) is 0 Å². The maximum absolute atomic E-state index is 13.1. The Kier molecular flexibility index (Phi) is 3.04. The van der Waals surface area contributed by atoms with Crippen LogP contribution in [-0.4, -0.2) is 18.1 Å². The van der Waals surface area contributed by atoms with Crippen molar-refractivity contribution in [2.75, 3.05) is 7.11 Å². The third kappa shape index (κ3) is 2.41. The van der Waals surface area contributed by atoms with Gasteiger partial charge in [0.2, 0.25) is 0 Å². The maximum atomic E-state index is 13.1. The molecule has 0 aliphatic heterocycles. The molecule has 0 amide bonds. The third-order valence-corrected chi connectivity index (χ3v) is 2.58. The van der Waals surface area contributed by atoms with Gasteiger partial charge < -0.3 is 4.74 Å². The second-order valence-corrected chi connectivity index (χ2v) is 3.84. The summed E-state index contributed by atoms with van der Waals surface area (Å²) in [7, 11) is 1.34. The van der Waals surface area contributed by atoms with Crippen molar-refractivity contribution in [3.63, 3.8) is 0 Å². The lowest BCUT2D eigenvalue weighted by molar-refractivity contribution is -0.139. The molecule has 0 saturated carbocycles. The van der Waals surface area contributed by atoms with Crippen molar-refractivity contribution >= 4 is 16.9 Å². The van der Waals surface area contributed by atoms with Gasteiger partial charge in [0.05, 0.1) is 24.7 Å². The highest BCUT2D eigenvalue weighted by Gasteiger charge is 2.08. The van der Waals surface area contributed by atoms with Crippen LogP contribution in [0.4, 0.5) is 4.39 Å². The highest BCUT2D eigenvalue weighted by molar-refractivity contribution is 5.83. The molecular weight excluding hydrogens is 221 g/mol. The molecule has 2 rings (SSSR count). The van der Waals surface area contributed by atoms with Crippen LogP contribution in [0.2, 0.25) is 0 Å². The highest BCUT2D eigenvalue weighted by Crippen LogP contribution is 2.19. The first kappa shape index (κ1) is 11.5. The molecule has 2 aromatic rings. The van der Waals surface area contributed by atoms with E-state index in [1.807, 2.05) is 6.92 Å². The molecule has 0 spiro atoms. The average molecular weight is 233 g/mol. The van der Waals surface area contributed by atoms with E-state index in [1.165, 1.54) is 19.2 Å². The fraction of sp³-hybridized carbons (Fsp3) is 0.231. The first-order chi connectivity index (χ1) is 8.10. The molecule has 1 heterocycles. The Balaban J connectivity index is 2.48. The summed E-state index contributed by atoms with van der Waals surface area (Å²) in [6.45, 7) is 1.87. The predicted molar refractivity (Wildman–Crippen MR) is 62.2 cm³/mol. The van der Waals surface area contributed by atoms with E-state index in [4.69, 9.17) is 0 Å². The van der Waals surface area contributed by atoms with Crippen LogP contribution in [0.25, 0.3) is 10.9 Å². The van der Waals surface area contributed by atoms with Crippen LogP contribution in [0.15, 0.2) is 24.3 Å². The second kappa shape index (κ2) is 4.49. The van der Waals surface area contributed by atoms with Crippen molar-refractivity contribution < 1.29 is 13.9 Å². The largest absolute Gasteiger partial charge is 0.469 e. The number of fused-ring (bicyclic) bond motifs is 1. The molecule has 17 heavy (non-hydrogen) atoms. The number of rotatable bonds is 2. The zero-order chi connectivity index (χ0) is 12.4. The Hall–Kier alpha value is -1.97. The lowest BCUT2D eigenvalue weighted by atomic mass is 10.1. The molecule has 0 radical (unpaired) electrons. The first-order valence-corrected chi connectivity index (χ1v) is 5.23. The van der Waals surface area contributed by atoms with E-state index in [0.717, 1.165) is 10.9 Å². The van der Waals surface area contributed by atoms with E-state index in [9.17, 15) is 9.18 Å². The van der Waals surface area contributed by atoms with Crippen molar-refractivity contribution in [2.45, 2.75) is 13.3 Å². The Morgan fingerprint density at radius 2 is 2.18 bits per heavy atom. The second-order valence-electron chi connectivity index (χ2n) is 3.84. The molecule has 0 aliphatic rings. The Morgan fingerprint density at radius 3 is 2.88 bits per heavy atom. The smallest absolute Gasteiger partial charge is 0.311 e. The predicted octanol–water partition coefficient (Wildman–Crippen LogP) is 2.40. The van der Waals surface area contributed by atoms with Crippen molar-refractivity contribution in [3.05, 3.63) is 41.3 Å². The average Bonchev–Trinajstić information content (AvgIpc) is 2.30. The number of carbonyl (C=O) groups excluding carboxylic acids is 1. The van der Waals surface area contributed by atoms with Gasteiger partial charge >= 0.3 is 5.97 Å². The van der Waals surface area contributed by atoms with Crippen molar-refractivity contribution in [2.24, 2.45) is 0 Å². The molecule has 4 heteroatoms. The topological polar surface area (TPSA) is 39.2 Å². The van der Waals surface area contributed by atoms with E-state index in [1.54, 1.807) is 12.1 Å². The number of aromatic nitrogens is 1. The molecule has 0 aliphatic carbocycles. The monoisotopic (exact) mass is 233 g/mol. The summed E-state index contributed by atoms with van der Waals surface area (Å²) in [5, 5.41) is 0.763. The Morgan fingerprint density at radius 1 is 1.41 bits per heavy atom. The molecule has 0 bridgehead atoms. The van der Waals surface area contributed by atoms with Crippen LogP contribution in [0, 0.1) is 12.7 Å². The van der Waals surface area contributed by atoms with E-state index in [-0.39, 0.29) is 18.2 Å². The van der Waals surface area contributed by atoms with E-state index >= 15 is 0 Å². The number of aryl methyl sites for hydroxylation is 1. The normalized spacial score (nSPS) is 10.5. The molecule has 1 aromatic carbocycles. The van der Waals surface area contributed by atoms with Crippen LogP contribution in [0.1, 0.15) is 11.3 Å². The molecular formula is C13H12FNO2. The number of halogens is 1. The van der Waals surface area contributed by atoms with Gasteiger partial charge in [-0.2, -0.15) is 0 Å². The first-order valence-electron chi connectivity index (χ1n) is 5.23. The van der Waals surface area contributed by atoms with Crippen LogP contribution >= 0.6 is 0 Å². The van der Waals surface area contributed by atoms with Gasteiger partial charge in [-0.25, -0.2) is 4.39 Å². The lowest BCUT2D eigenvalue weighted by Crippen LogP contribution is -2.06. The Bertz CT molecular complexity index is 581.